The fourth-order valence-corrected chi connectivity index (χ4v) is 5.27. The van der Waals surface area contributed by atoms with Crippen LogP contribution in [0.4, 0.5) is 0 Å². The molecule has 0 unspecified atom stereocenters. The average Bonchev–Trinajstić information content (AvgIpc) is 2.72. The van der Waals surface area contributed by atoms with Gasteiger partial charge in [-0.2, -0.15) is 11.8 Å². The highest BCUT2D eigenvalue weighted by Crippen LogP contribution is 2.13. The van der Waals surface area contributed by atoms with E-state index in [1.54, 1.807) is 42.3 Å². The second kappa shape index (κ2) is 13.4. The van der Waals surface area contributed by atoms with Gasteiger partial charge in [-0.3, -0.25) is 4.79 Å². The molecule has 0 bridgehead atoms. The van der Waals surface area contributed by atoms with Crippen LogP contribution in [0.15, 0.2) is 29.3 Å². The van der Waals surface area contributed by atoms with Gasteiger partial charge in [-0.05, 0) is 24.6 Å². The van der Waals surface area contributed by atoms with Gasteiger partial charge in [-0.1, -0.05) is 12.1 Å². The first-order chi connectivity index (χ1) is 13.8. The second-order valence-corrected chi connectivity index (χ2v) is 10.2. The summed E-state index contributed by atoms with van der Waals surface area (Å²) in [7, 11) is 0.201. The number of rotatable bonds is 8. The first-order valence-corrected chi connectivity index (χ1v) is 12.5. The first kappa shape index (κ1) is 27.0. The maximum Gasteiger partial charge on any atom is 0.253 e. The molecule has 1 aromatic rings. The maximum absolute atomic E-state index is 12.4. The number of sulfonamides is 1. The van der Waals surface area contributed by atoms with Gasteiger partial charge in [0.15, 0.2) is 5.96 Å². The van der Waals surface area contributed by atoms with Crippen LogP contribution >= 0.6 is 35.7 Å². The fraction of sp³-hybridized carbons (Fsp3) is 0.579. The number of aliphatic imine (C=N–C) groups is 1. The van der Waals surface area contributed by atoms with Crippen molar-refractivity contribution in [3.63, 3.8) is 0 Å². The van der Waals surface area contributed by atoms with Crippen molar-refractivity contribution in [1.29, 1.82) is 0 Å². The van der Waals surface area contributed by atoms with E-state index in [2.05, 4.69) is 15.6 Å². The van der Waals surface area contributed by atoms with E-state index in [4.69, 9.17) is 0 Å². The summed E-state index contributed by atoms with van der Waals surface area (Å²) >= 11 is 1.79. The van der Waals surface area contributed by atoms with Crippen molar-refractivity contribution in [2.45, 2.75) is 13.5 Å². The highest BCUT2D eigenvalue weighted by molar-refractivity contribution is 14.0. The zero-order valence-corrected chi connectivity index (χ0v) is 21.7. The Hall–Kier alpha value is -1.05. The van der Waals surface area contributed by atoms with E-state index in [1.807, 2.05) is 19.1 Å². The number of benzene rings is 1. The highest BCUT2D eigenvalue weighted by atomic mass is 127. The monoisotopic (exact) mass is 569 g/mol. The summed E-state index contributed by atoms with van der Waals surface area (Å²) in [5.74, 6) is 2.29. The number of nitrogens with one attached hydrogen (secondary N) is 2. The van der Waals surface area contributed by atoms with Gasteiger partial charge in [0.2, 0.25) is 10.0 Å². The Morgan fingerprint density at radius 3 is 2.37 bits per heavy atom. The molecule has 2 rings (SSSR count). The van der Waals surface area contributed by atoms with Crippen molar-refractivity contribution < 1.29 is 13.2 Å². The van der Waals surface area contributed by atoms with Crippen molar-refractivity contribution in [2.75, 3.05) is 57.5 Å². The van der Waals surface area contributed by atoms with Crippen molar-refractivity contribution in [1.82, 2.24) is 19.8 Å². The fourth-order valence-electron chi connectivity index (χ4n) is 2.78. The zero-order chi connectivity index (χ0) is 21.3. The Labute approximate surface area is 201 Å². The minimum absolute atomic E-state index is 0. The van der Waals surface area contributed by atoms with Crippen LogP contribution in [0.1, 0.15) is 22.8 Å². The van der Waals surface area contributed by atoms with Crippen LogP contribution in [-0.2, 0) is 16.6 Å². The quantitative estimate of drug-likeness (QED) is 0.280. The molecule has 2 N–H and O–H groups in total. The lowest BCUT2D eigenvalue weighted by Crippen LogP contribution is -2.44. The van der Waals surface area contributed by atoms with E-state index in [0.717, 1.165) is 17.1 Å². The van der Waals surface area contributed by atoms with E-state index in [1.165, 1.54) is 4.90 Å². The Morgan fingerprint density at radius 1 is 1.17 bits per heavy atom. The van der Waals surface area contributed by atoms with E-state index in [9.17, 15) is 13.2 Å². The Bertz CT molecular complexity index is 795. The molecule has 170 valence electrons. The number of nitrogens with zero attached hydrogens (tertiary/aromatic N) is 3. The summed E-state index contributed by atoms with van der Waals surface area (Å²) in [4.78, 5) is 18.0. The zero-order valence-electron chi connectivity index (χ0n) is 17.8. The van der Waals surface area contributed by atoms with Gasteiger partial charge in [0.25, 0.3) is 5.91 Å². The number of carbonyl (C=O) groups is 1. The molecule has 0 aliphatic carbocycles. The smallest absolute Gasteiger partial charge is 0.253 e. The molecule has 1 saturated heterocycles. The predicted molar refractivity (Wildman–Crippen MR) is 135 cm³/mol. The number of hydrogen-bond acceptors (Lipinski definition) is 5. The van der Waals surface area contributed by atoms with Gasteiger partial charge >= 0.3 is 0 Å². The number of thioether (sulfide) groups is 1. The molecular formula is C19H32IN5O3S2. The summed E-state index contributed by atoms with van der Waals surface area (Å²) < 4.78 is 26.4. The normalized spacial score (nSPS) is 15.2. The third-order valence-electron chi connectivity index (χ3n) is 4.39. The molecule has 1 fully saturated rings. The van der Waals surface area contributed by atoms with Gasteiger partial charge in [0, 0.05) is 57.3 Å². The summed E-state index contributed by atoms with van der Waals surface area (Å²) in [6, 6.07) is 7.33. The summed E-state index contributed by atoms with van der Waals surface area (Å²) in [6.45, 7) is 4.55. The van der Waals surface area contributed by atoms with Gasteiger partial charge in [-0.15, -0.1) is 24.0 Å². The average molecular weight is 570 g/mol. The minimum atomic E-state index is -3.24. The van der Waals surface area contributed by atoms with E-state index >= 15 is 0 Å². The number of amides is 1. The Kier molecular flexibility index (Phi) is 12.0. The van der Waals surface area contributed by atoms with Gasteiger partial charge < -0.3 is 15.5 Å². The lowest BCUT2D eigenvalue weighted by Gasteiger charge is -2.25. The van der Waals surface area contributed by atoms with Crippen molar-refractivity contribution in [3.8, 4) is 0 Å². The van der Waals surface area contributed by atoms with Gasteiger partial charge in [-0.25, -0.2) is 17.7 Å². The second-order valence-electron chi connectivity index (χ2n) is 6.85. The van der Waals surface area contributed by atoms with Crippen LogP contribution in [0.2, 0.25) is 0 Å². The topological polar surface area (TPSA) is 94.1 Å². The van der Waals surface area contributed by atoms with Crippen LogP contribution in [0.3, 0.4) is 0 Å². The molecular weight excluding hydrogens is 537 g/mol. The molecule has 1 amide bonds. The van der Waals surface area contributed by atoms with E-state index in [0.29, 0.717) is 44.2 Å². The Morgan fingerprint density at radius 2 is 1.80 bits per heavy atom. The number of carbonyl (C=O) groups excluding carboxylic acids is 1. The third kappa shape index (κ3) is 8.60. The van der Waals surface area contributed by atoms with Crippen molar-refractivity contribution in [2.24, 2.45) is 4.99 Å². The predicted octanol–water partition coefficient (Wildman–Crippen LogP) is 1.44. The molecule has 1 aliphatic rings. The number of hydrogen-bond donors (Lipinski definition) is 2. The molecule has 0 radical (unpaired) electrons. The van der Waals surface area contributed by atoms with Gasteiger partial charge in [0.1, 0.15) is 0 Å². The van der Waals surface area contributed by atoms with Crippen LogP contribution in [0.25, 0.3) is 0 Å². The lowest BCUT2D eigenvalue weighted by molar-refractivity contribution is 0.0827. The van der Waals surface area contributed by atoms with Crippen LogP contribution < -0.4 is 10.6 Å². The standard InChI is InChI=1S/C19H31N5O3S2.HI/c1-4-20-19(21-9-14-29(26,27)24-10-12-28-13-11-24)22-15-16-5-7-17(8-6-16)18(25)23(2)3;/h5-8H,4,9-15H2,1-3H3,(H2,20,21,22);1H. The molecule has 30 heavy (non-hydrogen) atoms. The lowest BCUT2D eigenvalue weighted by atomic mass is 10.1. The molecule has 1 aromatic carbocycles. The molecule has 8 nitrogen and oxygen atoms in total. The summed E-state index contributed by atoms with van der Waals surface area (Å²) in [5.41, 5.74) is 1.60. The molecule has 11 heteroatoms. The third-order valence-corrected chi connectivity index (χ3v) is 7.20. The Balaban J connectivity index is 0.00000450. The summed E-state index contributed by atoms with van der Waals surface area (Å²) in [6.07, 6.45) is 0. The van der Waals surface area contributed by atoms with E-state index in [-0.39, 0.29) is 35.6 Å². The van der Waals surface area contributed by atoms with Crippen LogP contribution in [0.5, 0.6) is 0 Å². The van der Waals surface area contributed by atoms with Crippen molar-refractivity contribution >= 4 is 57.6 Å². The van der Waals surface area contributed by atoms with Crippen molar-refractivity contribution in [3.05, 3.63) is 35.4 Å². The SMILES string of the molecule is CCNC(=NCc1ccc(C(=O)N(C)C)cc1)NCCS(=O)(=O)N1CCSCC1.I. The molecule has 0 saturated carbocycles. The van der Waals surface area contributed by atoms with Gasteiger partial charge in [0.05, 0.1) is 12.3 Å². The minimum Gasteiger partial charge on any atom is -0.357 e. The molecule has 1 aliphatic heterocycles. The first-order valence-electron chi connectivity index (χ1n) is 9.72. The molecule has 0 aromatic heterocycles. The highest BCUT2D eigenvalue weighted by Gasteiger charge is 2.23. The number of halogens is 1. The molecule has 1 heterocycles. The molecule has 0 atom stereocenters. The number of guanidine groups is 1. The maximum atomic E-state index is 12.4. The largest absolute Gasteiger partial charge is 0.357 e. The van der Waals surface area contributed by atoms with Crippen LogP contribution in [-0.4, -0.2) is 87.0 Å². The molecule has 0 spiro atoms. The van der Waals surface area contributed by atoms with E-state index < -0.39 is 10.0 Å². The van der Waals surface area contributed by atoms with Crippen LogP contribution in [0, 0.1) is 0 Å². The summed E-state index contributed by atoms with van der Waals surface area (Å²) in [5, 5.41) is 6.23.